The molecule has 1 aliphatic heterocycles. The number of hydrogen-bond acceptors (Lipinski definition) is 3. The highest BCUT2D eigenvalue weighted by Gasteiger charge is 2.42. The minimum absolute atomic E-state index is 0.0835. The predicted octanol–water partition coefficient (Wildman–Crippen LogP) is 4.72. The zero-order valence-corrected chi connectivity index (χ0v) is 14.5. The third-order valence-electron chi connectivity index (χ3n) is 5.09. The molecule has 0 fully saturated rings. The number of hydrogen-bond donors (Lipinski definition) is 0. The van der Waals surface area contributed by atoms with Gasteiger partial charge in [-0.2, -0.15) is 5.26 Å². The molecule has 0 N–H and O–H groups in total. The number of carbonyl (C=O) groups is 1. The molecule has 3 aromatic carbocycles. The Morgan fingerprint density at radius 2 is 1.62 bits per heavy atom. The normalized spacial score (nSPS) is 18.2. The molecule has 0 spiro atoms. The Balaban J connectivity index is 1.89. The summed E-state index contributed by atoms with van der Waals surface area (Å²) in [5.74, 6) is -0.256. The van der Waals surface area contributed by atoms with E-state index in [0.717, 1.165) is 16.8 Å². The smallest absolute Gasteiger partial charge is 0.172 e. The van der Waals surface area contributed by atoms with Crippen LogP contribution in [0, 0.1) is 11.3 Å². The maximum Gasteiger partial charge on any atom is 0.172 e. The fourth-order valence-corrected chi connectivity index (χ4v) is 3.87. The van der Waals surface area contributed by atoms with Crippen LogP contribution in [0.4, 0.5) is 5.69 Å². The highest BCUT2D eigenvalue weighted by Crippen LogP contribution is 2.49. The van der Waals surface area contributed by atoms with Gasteiger partial charge in [-0.15, -0.1) is 0 Å². The van der Waals surface area contributed by atoms with Crippen molar-refractivity contribution in [2.75, 3.05) is 11.9 Å². The van der Waals surface area contributed by atoms with Gasteiger partial charge < -0.3 is 4.90 Å². The fraction of sp³-hybridized carbons (Fsp3) is 0.130. The van der Waals surface area contributed by atoms with E-state index in [0.29, 0.717) is 11.1 Å². The Labute approximate surface area is 153 Å². The van der Waals surface area contributed by atoms with Crippen LogP contribution in [-0.4, -0.2) is 12.8 Å². The summed E-state index contributed by atoms with van der Waals surface area (Å²) in [4.78, 5) is 15.6. The van der Waals surface area contributed by atoms with E-state index < -0.39 is 0 Å². The van der Waals surface area contributed by atoms with Crippen molar-refractivity contribution in [1.82, 2.24) is 0 Å². The van der Waals surface area contributed by atoms with Gasteiger partial charge in [0.1, 0.15) is 0 Å². The monoisotopic (exact) mass is 338 g/mol. The van der Waals surface area contributed by atoms with Crippen molar-refractivity contribution in [2.24, 2.45) is 0 Å². The number of Topliss-reactive ketones (excluding diaryl/α,β-unsaturated/α-hetero) is 1. The quantitative estimate of drug-likeness (QED) is 0.649. The Kier molecular flexibility index (Phi) is 4.02. The number of carbonyl (C=O) groups excluding carboxylic acids is 1. The molecule has 0 saturated carbocycles. The number of fused-ring (bicyclic) bond motifs is 1. The Bertz CT molecular complexity index is 990. The molecule has 0 aliphatic carbocycles. The van der Waals surface area contributed by atoms with Gasteiger partial charge in [0.15, 0.2) is 5.78 Å². The fourth-order valence-electron chi connectivity index (χ4n) is 3.87. The van der Waals surface area contributed by atoms with E-state index in [1.165, 1.54) is 0 Å². The first kappa shape index (κ1) is 16.1. The summed E-state index contributed by atoms with van der Waals surface area (Å²) in [6.07, 6.45) is 0. The molecule has 0 aromatic heterocycles. The first-order valence-electron chi connectivity index (χ1n) is 8.62. The SMILES string of the molecule is CN1c2ccc(C#N)cc2[C@@H](C(=O)c2ccccc2)[C@H]1c1ccccc1. The summed E-state index contributed by atoms with van der Waals surface area (Å²) in [7, 11) is 2.01. The molecule has 4 rings (SSSR count). The zero-order chi connectivity index (χ0) is 18.1. The van der Waals surface area contributed by atoms with Crippen molar-refractivity contribution in [3.63, 3.8) is 0 Å². The molecule has 2 atom stereocenters. The van der Waals surface area contributed by atoms with Crippen LogP contribution in [0.5, 0.6) is 0 Å². The molecule has 0 unspecified atom stereocenters. The maximum atomic E-state index is 13.4. The summed E-state index contributed by atoms with van der Waals surface area (Å²) in [6.45, 7) is 0. The molecule has 3 aromatic rings. The average Bonchev–Trinajstić information content (AvgIpc) is 3.00. The van der Waals surface area contributed by atoms with Gasteiger partial charge in [0.2, 0.25) is 0 Å². The number of nitriles is 1. The van der Waals surface area contributed by atoms with Crippen molar-refractivity contribution >= 4 is 11.5 Å². The van der Waals surface area contributed by atoms with Gasteiger partial charge in [0, 0.05) is 18.3 Å². The van der Waals surface area contributed by atoms with Gasteiger partial charge in [-0.3, -0.25) is 4.79 Å². The minimum Gasteiger partial charge on any atom is -0.366 e. The summed E-state index contributed by atoms with van der Waals surface area (Å²) in [5.41, 5.74) is 4.30. The Hall–Kier alpha value is -3.38. The summed E-state index contributed by atoms with van der Waals surface area (Å²) in [6, 6.07) is 27.2. The van der Waals surface area contributed by atoms with Crippen molar-refractivity contribution in [1.29, 1.82) is 5.26 Å². The minimum atomic E-state index is -0.340. The van der Waals surface area contributed by atoms with Crippen LogP contribution in [0.25, 0.3) is 0 Å². The number of anilines is 1. The van der Waals surface area contributed by atoms with Gasteiger partial charge in [0.05, 0.1) is 23.6 Å². The van der Waals surface area contributed by atoms with Crippen LogP contribution in [-0.2, 0) is 0 Å². The molecule has 0 bridgehead atoms. The van der Waals surface area contributed by atoms with Gasteiger partial charge in [0.25, 0.3) is 0 Å². The van der Waals surface area contributed by atoms with Crippen molar-refractivity contribution in [2.45, 2.75) is 12.0 Å². The summed E-state index contributed by atoms with van der Waals surface area (Å²) in [5, 5.41) is 9.31. The van der Waals surface area contributed by atoms with Crippen LogP contribution in [0.3, 0.4) is 0 Å². The summed E-state index contributed by atoms with van der Waals surface area (Å²) >= 11 is 0. The number of nitrogens with zero attached hydrogens (tertiary/aromatic N) is 2. The third-order valence-corrected chi connectivity index (χ3v) is 5.09. The van der Waals surface area contributed by atoms with Crippen LogP contribution in [0.2, 0.25) is 0 Å². The Morgan fingerprint density at radius 3 is 2.27 bits per heavy atom. The molecule has 0 amide bonds. The lowest BCUT2D eigenvalue weighted by Gasteiger charge is -2.27. The Morgan fingerprint density at radius 1 is 0.962 bits per heavy atom. The lowest BCUT2D eigenvalue weighted by atomic mass is 9.84. The molecule has 3 nitrogen and oxygen atoms in total. The predicted molar refractivity (Wildman–Crippen MR) is 102 cm³/mol. The third kappa shape index (κ3) is 2.57. The van der Waals surface area contributed by atoms with Crippen LogP contribution in [0.1, 0.15) is 39.0 Å². The number of benzene rings is 3. The molecule has 0 saturated heterocycles. The van der Waals surface area contributed by atoms with E-state index in [9.17, 15) is 10.1 Å². The highest BCUT2D eigenvalue weighted by atomic mass is 16.1. The van der Waals surface area contributed by atoms with Crippen LogP contribution < -0.4 is 4.90 Å². The molecule has 0 radical (unpaired) electrons. The second-order valence-electron chi connectivity index (χ2n) is 6.56. The van der Waals surface area contributed by atoms with Gasteiger partial charge in [-0.25, -0.2) is 0 Å². The van der Waals surface area contributed by atoms with Gasteiger partial charge in [-0.1, -0.05) is 60.7 Å². The molecule has 26 heavy (non-hydrogen) atoms. The van der Waals surface area contributed by atoms with E-state index in [1.54, 1.807) is 0 Å². The molecule has 1 aliphatic rings. The first-order chi connectivity index (χ1) is 12.7. The van der Waals surface area contributed by atoms with Crippen molar-refractivity contribution in [3.8, 4) is 6.07 Å². The molecule has 1 heterocycles. The number of likely N-dealkylation sites (N-methyl/N-ethyl adjacent to an activating group) is 1. The topological polar surface area (TPSA) is 44.1 Å². The van der Waals surface area contributed by atoms with Crippen LogP contribution in [0.15, 0.2) is 78.9 Å². The average molecular weight is 338 g/mol. The van der Waals surface area contributed by atoms with E-state index in [2.05, 4.69) is 23.1 Å². The number of rotatable bonds is 3. The van der Waals surface area contributed by atoms with Gasteiger partial charge in [-0.05, 0) is 29.3 Å². The molecule has 126 valence electrons. The second-order valence-corrected chi connectivity index (χ2v) is 6.56. The molecular formula is C23H18N2O. The maximum absolute atomic E-state index is 13.4. The van der Waals surface area contributed by atoms with Crippen molar-refractivity contribution in [3.05, 3.63) is 101 Å². The van der Waals surface area contributed by atoms with Gasteiger partial charge >= 0.3 is 0 Å². The van der Waals surface area contributed by atoms with E-state index >= 15 is 0 Å². The standard InChI is InChI=1S/C23H18N2O/c1-25-20-13-12-16(15-24)14-19(20)21(22(25)17-8-4-2-5-9-17)23(26)18-10-6-3-7-11-18/h2-14,21-22H,1H3/t21-,22-/m1/s1. The van der Waals surface area contributed by atoms with E-state index in [-0.39, 0.29) is 17.7 Å². The molecular weight excluding hydrogens is 320 g/mol. The van der Waals surface area contributed by atoms with Crippen molar-refractivity contribution < 1.29 is 4.79 Å². The van der Waals surface area contributed by atoms with Crippen LogP contribution >= 0.6 is 0 Å². The molecule has 3 heteroatoms. The zero-order valence-electron chi connectivity index (χ0n) is 14.5. The van der Waals surface area contributed by atoms with E-state index in [4.69, 9.17) is 0 Å². The largest absolute Gasteiger partial charge is 0.366 e. The lowest BCUT2D eigenvalue weighted by Crippen LogP contribution is -2.26. The number of ketones is 1. The summed E-state index contributed by atoms with van der Waals surface area (Å²) < 4.78 is 0. The lowest BCUT2D eigenvalue weighted by molar-refractivity contribution is 0.0951. The second kappa shape index (κ2) is 6.50. The first-order valence-corrected chi connectivity index (χ1v) is 8.62. The van der Waals surface area contributed by atoms with E-state index in [1.807, 2.05) is 73.8 Å². The highest BCUT2D eigenvalue weighted by molar-refractivity contribution is 6.04.